The predicted octanol–water partition coefficient (Wildman–Crippen LogP) is 5.02. The Morgan fingerprint density at radius 2 is 1.72 bits per heavy atom. The van der Waals surface area contributed by atoms with Gasteiger partial charge < -0.3 is 9.15 Å². The fourth-order valence-electron chi connectivity index (χ4n) is 2.53. The smallest absolute Gasteiger partial charge is 0.343 e. The van der Waals surface area contributed by atoms with Crippen LogP contribution in [0.5, 0.6) is 5.75 Å². The van der Waals surface area contributed by atoms with Gasteiger partial charge in [0.25, 0.3) is 0 Å². The molecule has 0 saturated carbocycles. The van der Waals surface area contributed by atoms with Crippen LogP contribution in [0.4, 0.5) is 0 Å². The summed E-state index contributed by atoms with van der Waals surface area (Å²) in [6.07, 6.45) is 0. The molecule has 0 radical (unpaired) electrons. The van der Waals surface area contributed by atoms with Crippen molar-refractivity contribution in [1.29, 1.82) is 0 Å². The molecular formula is C21H15NO3. The Hall–Kier alpha value is -3.40. The molecular weight excluding hydrogens is 314 g/mol. The summed E-state index contributed by atoms with van der Waals surface area (Å²) < 4.78 is 11.2. The molecule has 4 nitrogen and oxygen atoms in total. The van der Waals surface area contributed by atoms with Crippen molar-refractivity contribution in [1.82, 2.24) is 4.98 Å². The number of carbonyl (C=O) groups is 1. The highest BCUT2D eigenvalue weighted by Gasteiger charge is 2.12. The number of aromatic nitrogens is 1. The zero-order valence-corrected chi connectivity index (χ0v) is 13.6. The Bertz CT molecular complexity index is 1030. The lowest BCUT2D eigenvalue weighted by Crippen LogP contribution is -2.08. The van der Waals surface area contributed by atoms with E-state index < -0.39 is 5.97 Å². The topological polar surface area (TPSA) is 52.3 Å². The fourth-order valence-corrected chi connectivity index (χ4v) is 2.53. The second-order valence-corrected chi connectivity index (χ2v) is 5.77. The molecule has 4 heteroatoms. The van der Waals surface area contributed by atoms with Gasteiger partial charge >= 0.3 is 5.97 Å². The van der Waals surface area contributed by atoms with Crippen molar-refractivity contribution in [3.8, 4) is 17.2 Å². The number of carbonyl (C=O) groups excluding carboxylic acids is 1. The van der Waals surface area contributed by atoms with Gasteiger partial charge in [-0.1, -0.05) is 35.9 Å². The van der Waals surface area contributed by atoms with E-state index in [1.807, 2.05) is 49.4 Å². The Labute approximate surface area is 144 Å². The van der Waals surface area contributed by atoms with Gasteiger partial charge in [0.1, 0.15) is 11.3 Å². The van der Waals surface area contributed by atoms with Crippen LogP contribution in [0.25, 0.3) is 22.6 Å². The molecule has 4 aromatic rings. The summed E-state index contributed by atoms with van der Waals surface area (Å²) in [7, 11) is 0. The van der Waals surface area contributed by atoms with Gasteiger partial charge in [-0.25, -0.2) is 9.78 Å². The van der Waals surface area contributed by atoms with E-state index in [0.717, 1.165) is 11.1 Å². The van der Waals surface area contributed by atoms with Crippen LogP contribution in [0.3, 0.4) is 0 Å². The van der Waals surface area contributed by atoms with E-state index in [1.165, 1.54) is 0 Å². The summed E-state index contributed by atoms with van der Waals surface area (Å²) in [4.78, 5) is 16.7. The lowest BCUT2D eigenvalue weighted by Gasteiger charge is -2.04. The minimum absolute atomic E-state index is 0.401. The molecule has 122 valence electrons. The standard InChI is InChI=1S/C21H15NO3/c1-14-7-9-16(10-8-14)21(23)24-17-11-12-18-19(13-17)25-20(22-18)15-5-3-2-4-6-15/h2-13H,1H3. The van der Waals surface area contributed by atoms with Crippen molar-refractivity contribution in [2.45, 2.75) is 6.92 Å². The van der Waals surface area contributed by atoms with Crippen LogP contribution >= 0.6 is 0 Å². The molecule has 0 amide bonds. The van der Waals surface area contributed by atoms with Crippen molar-refractivity contribution >= 4 is 17.1 Å². The number of nitrogens with zero attached hydrogens (tertiary/aromatic N) is 1. The van der Waals surface area contributed by atoms with E-state index in [1.54, 1.807) is 30.3 Å². The van der Waals surface area contributed by atoms with Crippen molar-refractivity contribution in [2.24, 2.45) is 0 Å². The predicted molar refractivity (Wildman–Crippen MR) is 95.6 cm³/mol. The van der Waals surface area contributed by atoms with E-state index in [0.29, 0.717) is 28.3 Å². The zero-order valence-electron chi connectivity index (χ0n) is 13.6. The van der Waals surface area contributed by atoms with Gasteiger partial charge in [-0.15, -0.1) is 0 Å². The van der Waals surface area contributed by atoms with Crippen LogP contribution in [0.1, 0.15) is 15.9 Å². The first-order chi connectivity index (χ1) is 12.2. The highest BCUT2D eigenvalue weighted by atomic mass is 16.5. The third kappa shape index (κ3) is 3.15. The van der Waals surface area contributed by atoms with Crippen molar-refractivity contribution < 1.29 is 13.9 Å². The average molecular weight is 329 g/mol. The molecule has 0 atom stereocenters. The second-order valence-electron chi connectivity index (χ2n) is 5.77. The van der Waals surface area contributed by atoms with Gasteiger partial charge in [0, 0.05) is 11.6 Å². The quantitative estimate of drug-likeness (QED) is 0.391. The van der Waals surface area contributed by atoms with Crippen LogP contribution in [0, 0.1) is 6.92 Å². The number of esters is 1. The molecule has 1 aromatic heterocycles. The molecule has 0 fully saturated rings. The molecule has 0 aliphatic rings. The van der Waals surface area contributed by atoms with E-state index in [2.05, 4.69) is 4.98 Å². The van der Waals surface area contributed by atoms with Crippen LogP contribution in [0.2, 0.25) is 0 Å². The summed E-state index contributed by atoms with van der Waals surface area (Å²) in [6, 6.07) is 22.1. The number of rotatable bonds is 3. The highest BCUT2D eigenvalue weighted by Crippen LogP contribution is 2.27. The summed E-state index contributed by atoms with van der Waals surface area (Å²) in [5.74, 6) is 0.564. The van der Waals surface area contributed by atoms with Gasteiger partial charge in [0.05, 0.1) is 5.56 Å². The van der Waals surface area contributed by atoms with Crippen molar-refractivity contribution in [2.75, 3.05) is 0 Å². The molecule has 0 saturated heterocycles. The van der Waals surface area contributed by atoms with E-state index >= 15 is 0 Å². The maximum atomic E-state index is 12.2. The zero-order chi connectivity index (χ0) is 17.2. The second kappa shape index (κ2) is 6.24. The number of hydrogen-bond acceptors (Lipinski definition) is 4. The lowest BCUT2D eigenvalue weighted by atomic mass is 10.1. The summed E-state index contributed by atoms with van der Waals surface area (Å²) in [6.45, 7) is 1.97. The Kier molecular flexibility index (Phi) is 3.78. The third-order valence-corrected chi connectivity index (χ3v) is 3.88. The molecule has 25 heavy (non-hydrogen) atoms. The van der Waals surface area contributed by atoms with Gasteiger partial charge in [-0.3, -0.25) is 0 Å². The normalized spacial score (nSPS) is 10.8. The monoisotopic (exact) mass is 329 g/mol. The van der Waals surface area contributed by atoms with Gasteiger partial charge in [0.15, 0.2) is 5.58 Å². The maximum Gasteiger partial charge on any atom is 0.343 e. The SMILES string of the molecule is Cc1ccc(C(=O)Oc2ccc3nc(-c4ccccc4)oc3c2)cc1. The summed E-state index contributed by atoms with van der Waals surface area (Å²) in [5, 5.41) is 0. The Morgan fingerprint density at radius 3 is 2.48 bits per heavy atom. The molecule has 0 spiro atoms. The van der Waals surface area contributed by atoms with E-state index in [9.17, 15) is 4.79 Å². The summed E-state index contributed by atoms with van der Waals surface area (Å²) >= 11 is 0. The van der Waals surface area contributed by atoms with Crippen LogP contribution in [-0.4, -0.2) is 11.0 Å². The minimum atomic E-state index is -0.401. The number of aryl methyl sites for hydroxylation is 1. The Morgan fingerprint density at radius 1 is 0.960 bits per heavy atom. The summed E-state index contributed by atoms with van der Waals surface area (Å²) in [5.41, 5.74) is 3.79. The largest absolute Gasteiger partial charge is 0.436 e. The first-order valence-corrected chi connectivity index (χ1v) is 7.94. The molecule has 4 rings (SSSR count). The molecule has 0 bridgehead atoms. The molecule has 0 unspecified atom stereocenters. The van der Waals surface area contributed by atoms with E-state index in [-0.39, 0.29) is 0 Å². The van der Waals surface area contributed by atoms with Crippen LogP contribution in [0.15, 0.2) is 77.2 Å². The average Bonchev–Trinajstić information content (AvgIpc) is 3.06. The lowest BCUT2D eigenvalue weighted by molar-refractivity contribution is 0.0735. The fraction of sp³-hybridized carbons (Fsp3) is 0.0476. The van der Waals surface area contributed by atoms with Crippen molar-refractivity contribution in [3.05, 3.63) is 83.9 Å². The third-order valence-electron chi connectivity index (χ3n) is 3.88. The molecule has 3 aromatic carbocycles. The van der Waals surface area contributed by atoms with Crippen LogP contribution < -0.4 is 4.74 Å². The van der Waals surface area contributed by atoms with Crippen LogP contribution in [-0.2, 0) is 0 Å². The van der Waals surface area contributed by atoms with Gasteiger partial charge in [-0.05, 0) is 43.3 Å². The van der Waals surface area contributed by atoms with Gasteiger partial charge in [0.2, 0.25) is 5.89 Å². The number of oxazole rings is 1. The molecule has 0 N–H and O–H groups in total. The van der Waals surface area contributed by atoms with Crippen molar-refractivity contribution in [3.63, 3.8) is 0 Å². The molecule has 0 aliphatic carbocycles. The highest BCUT2D eigenvalue weighted by molar-refractivity contribution is 5.91. The number of ether oxygens (including phenoxy) is 1. The molecule has 0 aliphatic heterocycles. The number of hydrogen-bond donors (Lipinski definition) is 0. The maximum absolute atomic E-state index is 12.2. The minimum Gasteiger partial charge on any atom is -0.436 e. The first kappa shape index (κ1) is 15.1. The Balaban J connectivity index is 1.61. The number of fused-ring (bicyclic) bond motifs is 1. The molecule has 1 heterocycles. The van der Waals surface area contributed by atoms with Gasteiger partial charge in [-0.2, -0.15) is 0 Å². The van der Waals surface area contributed by atoms with E-state index in [4.69, 9.17) is 9.15 Å². The number of benzene rings is 3. The first-order valence-electron chi connectivity index (χ1n) is 7.94.